The molecule has 0 unspecified atom stereocenters. The van der Waals surface area contributed by atoms with Crippen LogP contribution < -0.4 is 0 Å². The van der Waals surface area contributed by atoms with E-state index in [0.29, 0.717) is 0 Å². The van der Waals surface area contributed by atoms with Gasteiger partial charge in [-0.3, -0.25) is 4.99 Å². The highest BCUT2D eigenvalue weighted by atomic mass is 14.9. The van der Waals surface area contributed by atoms with Crippen molar-refractivity contribution in [1.82, 2.24) is 9.97 Å². The second kappa shape index (κ2) is 4.12. The topological polar surface area (TPSA) is 38.1 Å². The smallest absolute Gasteiger partial charge is 0.115 e. The maximum Gasteiger partial charge on any atom is 0.115 e. The second-order valence-corrected chi connectivity index (χ2v) is 3.34. The molecule has 0 radical (unpaired) electrons. The molecule has 1 heterocycles. The molecule has 1 fully saturated rings. The highest BCUT2D eigenvalue weighted by molar-refractivity contribution is 5.87. The Bertz CT molecular complexity index is 284. The van der Waals surface area contributed by atoms with Crippen LogP contribution in [0.5, 0.6) is 0 Å². The van der Waals surface area contributed by atoms with E-state index in [-0.39, 0.29) is 0 Å². The minimum absolute atomic E-state index is 0.888. The summed E-state index contributed by atoms with van der Waals surface area (Å²) in [5.41, 5.74) is 2.19. The molecule has 0 N–H and O–H groups in total. The van der Waals surface area contributed by atoms with Gasteiger partial charge in [0.15, 0.2) is 0 Å². The van der Waals surface area contributed by atoms with Crippen molar-refractivity contribution in [2.45, 2.75) is 32.1 Å². The monoisotopic (exact) mass is 175 g/mol. The first-order valence-electron chi connectivity index (χ1n) is 4.76. The summed E-state index contributed by atoms with van der Waals surface area (Å²) in [5.74, 6) is 0. The summed E-state index contributed by atoms with van der Waals surface area (Å²) in [5, 5.41) is 0. The van der Waals surface area contributed by atoms with Gasteiger partial charge in [-0.2, -0.15) is 0 Å². The van der Waals surface area contributed by atoms with Crippen molar-refractivity contribution in [3.63, 3.8) is 0 Å². The Hall–Kier alpha value is -1.25. The fourth-order valence-corrected chi connectivity index (χ4v) is 1.60. The normalized spacial score (nSPS) is 17.1. The zero-order chi connectivity index (χ0) is 8.93. The van der Waals surface area contributed by atoms with Crippen molar-refractivity contribution >= 4 is 11.4 Å². The van der Waals surface area contributed by atoms with Gasteiger partial charge in [-0.05, 0) is 25.7 Å². The van der Waals surface area contributed by atoms with E-state index >= 15 is 0 Å². The SMILES string of the molecule is c1ncc(N=C2CCCCC2)cn1. The Kier molecular flexibility index (Phi) is 2.65. The summed E-state index contributed by atoms with van der Waals surface area (Å²) in [6.07, 6.45) is 11.3. The second-order valence-electron chi connectivity index (χ2n) is 3.34. The molecule has 3 heteroatoms. The Morgan fingerprint density at radius 3 is 2.38 bits per heavy atom. The van der Waals surface area contributed by atoms with Crippen LogP contribution in [0.2, 0.25) is 0 Å². The predicted octanol–water partition coefficient (Wildman–Crippen LogP) is 2.51. The molecule has 2 rings (SSSR count). The molecular weight excluding hydrogens is 162 g/mol. The molecule has 0 aliphatic heterocycles. The number of aromatic nitrogens is 2. The average molecular weight is 175 g/mol. The van der Waals surface area contributed by atoms with Crippen LogP contribution in [-0.4, -0.2) is 15.7 Å². The van der Waals surface area contributed by atoms with Crippen molar-refractivity contribution in [2.24, 2.45) is 4.99 Å². The third kappa shape index (κ3) is 2.34. The third-order valence-corrected chi connectivity index (χ3v) is 2.26. The molecule has 0 aromatic carbocycles. The Labute approximate surface area is 77.9 Å². The van der Waals surface area contributed by atoms with E-state index in [2.05, 4.69) is 15.0 Å². The summed E-state index contributed by atoms with van der Waals surface area (Å²) in [7, 11) is 0. The molecule has 0 bridgehead atoms. The Morgan fingerprint density at radius 2 is 1.69 bits per heavy atom. The third-order valence-electron chi connectivity index (χ3n) is 2.26. The zero-order valence-corrected chi connectivity index (χ0v) is 7.61. The fraction of sp³-hybridized carbons (Fsp3) is 0.500. The molecule has 0 spiro atoms. The van der Waals surface area contributed by atoms with Crippen LogP contribution >= 0.6 is 0 Å². The minimum Gasteiger partial charge on any atom is -0.255 e. The average Bonchev–Trinajstić information content (AvgIpc) is 2.21. The van der Waals surface area contributed by atoms with E-state index in [4.69, 9.17) is 0 Å². The highest BCUT2D eigenvalue weighted by Gasteiger charge is 2.06. The first kappa shape index (κ1) is 8.35. The van der Waals surface area contributed by atoms with Crippen molar-refractivity contribution in [1.29, 1.82) is 0 Å². The molecule has 3 nitrogen and oxygen atoms in total. The van der Waals surface area contributed by atoms with E-state index < -0.39 is 0 Å². The number of hydrogen-bond donors (Lipinski definition) is 0. The predicted molar refractivity (Wildman–Crippen MR) is 52.2 cm³/mol. The summed E-state index contributed by atoms with van der Waals surface area (Å²) >= 11 is 0. The number of hydrogen-bond acceptors (Lipinski definition) is 3. The van der Waals surface area contributed by atoms with Gasteiger partial charge in [0.1, 0.15) is 6.33 Å². The van der Waals surface area contributed by atoms with E-state index in [1.54, 1.807) is 12.4 Å². The van der Waals surface area contributed by atoms with Crippen molar-refractivity contribution in [2.75, 3.05) is 0 Å². The van der Waals surface area contributed by atoms with Crippen LogP contribution in [0.25, 0.3) is 0 Å². The van der Waals surface area contributed by atoms with Gasteiger partial charge < -0.3 is 0 Å². The molecule has 1 saturated carbocycles. The van der Waals surface area contributed by atoms with Gasteiger partial charge in [0, 0.05) is 5.71 Å². The molecule has 1 aliphatic carbocycles. The first-order chi connectivity index (χ1) is 6.45. The van der Waals surface area contributed by atoms with Gasteiger partial charge in [0.25, 0.3) is 0 Å². The van der Waals surface area contributed by atoms with E-state index in [1.165, 1.54) is 31.3 Å². The lowest BCUT2D eigenvalue weighted by Gasteiger charge is -2.11. The van der Waals surface area contributed by atoms with Gasteiger partial charge in [0.2, 0.25) is 0 Å². The van der Waals surface area contributed by atoms with Crippen LogP contribution in [0.1, 0.15) is 32.1 Å². The number of nitrogens with zero attached hydrogens (tertiary/aromatic N) is 3. The van der Waals surface area contributed by atoms with E-state index in [9.17, 15) is 0 Å². The molecular formula is C10H13N3. The molecule has 68 valence electrons. The van der Waals surface area contributed by atoms with Crippen molar-refractivity contribution in [3.8, 4) is 0 Å². The Morgan fingerprint density at radius 1 is 1.00 bits per heavy atom. The molecule has 13 heavy (non-hydrogen) atoms. The van der Waals surface area contributed by atoms with Crippen molar-refractivity contribution < 1.29 is 0 Å². The van der Waals surface area contributed by atoms with Crippen molar-refractivity contribution in [3.05, 3.63) is 18.7 Å². The molecule has 1 aromatic rings. The van der Waals surface area contributed by atoms with Gasteiger partial charge in [-0.15, -0.1) is 0 Å². The van der Waals surface area contributed by atoms with Crippen LogP contribution in [0.3, 0.4) is 0 Å². The van der Waals surface area contributed by atoms with Crippen LogP contribution in [0.15, 0.2) is 23.7 Å². The molecule has 1 aromatic heterocycles. The fourth-order valence-electron chi connectivity index (χ4n) is 1.60. The largest absolute Gasteiger partial charge is 0.255 e. The number of rotatable bonds is 1. The summed E-state index contributed by atoms with van der Waals surface area (Å²) in [6, 6.07) is 0. The molecule has 1 aliphatic rings. The van der Waals surface area contributed by atoms with Gasteiger partial charge >= 0.3 is 0 Å². The molecule has 0 amide bonds. The van der Waals surface area contributed by atoms with Gasteiger partial charge in [0.05, 0.1) is 18.1 Å². The molecule has 0 saturated heterocycles. The van der Waals surface area contributed by atoms with E-state index in [1.807, 2.05) is 0 Å². The van der Waals surface area contributed by atoms with Gasteiger partial charge in [-0.1, -0.05) is 6.42 Å². The maximum atomic E-state index is 4.51. The summed E-state index contributed by atoms with van der Waals surface area (Å²) in [4.78, 5) is 12.4. The first-order valence-corrected chi connectivity index (χ1v) is 4.76. The summed E-state index contributed by atoms with van der Waals surface area (Å²) < 4.78 is 0. The lowest BCUT2D eigenvalue weighted by atomic mass is 9.98. The van der Waals surface area contributed by atoms with Crippen LogP contribution in [0.4, 0.5) is 5.69 Å². The minimum atomic E-state index is 0.888. The highest BCUT2D eigenvalue weighted by Crippen LogP contribution is 2.18. The zero-order valence-electron chi connectivity index (χ0n) is 7.61. The quantitative estimate of drug-likeness (QED) is 0.657. The number of aliphatic imine (C=N–C) groups is 1. The van der Waals surface area contributed by atoms with Crippen LogP contribution in [0, 0.1) is 0 Å². The standard InChI is InChI=1S/C10H13N3/c1-2-4-9(5-3-1)13-10-6-11-8-12-7-10/h6-8H,1-5H2. The lowest BCUT2D eigenvalue weighted by molar-refractivity contribution is 0.667. The maximum absolute atomic E-state index is 4.51. The lowest BCUT2D eigenvalue weighted by Crippen LogP contribution is -2.03. The van der Waals surface area contributed by atoms with Crippen LogP contribution in [-0.2, 0) is 0 Å². The molecule has 0 atom stereocenters. The summed E-state index contributed by atoms with van der Waals surface area (Å²) in [6.45, 7) is 0. The van der Waals surface area contributed by atoms with E-state index in [0.717, 1.165) is 18.5 Å². The van der Waals surface area contributed by atoms with Gasteiger partial charge in [-0.25, -0.2) is 9.97 Å². The Balaban J connectivity index is 2.10.